The average Bonchev–Trinajstić information content (AvgIpc) is 2.85. The van der Waals surface area contributed by atoms with Gasteiger partial charge in [0.1, 0.15) is 16.8 Å². The normalized spacial score (nSPS) is 16.9. The van der Waals surface area contributed by atoms with Gasteiger partial charge in [-0.1, -0.05) is 36.0 Å². The van der Waals surface area contributed by atoms with Crippen LogP contribution in [0.2, 0.25) is 0 Å². The minimum absolute atomic E-state index is 0.0629. The number of rotatable bonds is 7. The number of hydrogen-bond acceptors (Lipinski definition) is 5. The van der Waals surface area contributed by atoms with Crippen LogP contribution in [-0.2, 0) is 16.0 Å². The van der Waals surface area contributed by atoms with Crippen LogP contribution in [-0.4, -0.2) is 40.8 Å². The summed E-state index contributed by atoms with van der Waals surface area (Å²) in [7, 11) is 1.61. The Bertz CT molecular complexity index is 1230. The fourth-order valence-corrected chi connectivity index (χ4v) is 4.79. The van der Waals surface area contributed by atoms with E-state index in [2.05, 4.69) is 10.3 Å². The molecule has 0 unspecified atom stereocenters. The Labute approximate surface area is 208 Å². The van der Waals surface area contributed by atoms with E-state index in [1.165, 1.54) is 23.9 Å². The summed E-state index contributed by atoms with van der Waals surface area (Å²) in [5.74, 6) is -0.0365. The molecule has 4 rings (SSSR count). The summed E-state index contributed by atoms with van der Waals surface area (Å²) in [5.41, 5.74) is 3.26. The molecule has 35 heavy (non-hydrogen) atoms. The van der Waals surface area contributed by atoms with E-state index in [9.17, 15) is 14.0 Å². The van der Waals surface area contributed by atoms with Crippen molar-refractivity contribution in [2.24, 2.45) is 4.99 Å². The fourth-order valence-electron chi connectivity index (χ4n) is 3.67. The van der Waals surface area contributed by atoms with Crippen LogP contribution in [0.1, 0.15) is 17.5 Å². The maximum absolute atomic E-state index is 13.4. The smallest absolute Gasteiger partial charge is 0.238 e. The number of ether oxygens (including phenoxy) is 1. The highest BCUT2D eigenvalue weighted by atomic mass is 32.2. The summed E-state index contributed by atoms with van der Waals surface area (Å²) in [6, 6.07) is 20.9. The van der Waals surface area contributed by atoms with Gasteiger partial charge in [-0.2, -0.15) is 0 Å². The number of nitrogens with zero attached hydrogens (tertiary/aromatic N) is 2. The van der Waals surface area contributed by atoms with Crippen molar-refractivity contribution in [2.45, 2.75) is 25.0 Å². The maximum atomic E-state index is 13.4. The zero-order chi connectivity index (χ0) is 24.8. The van der Waals surface area contributed by atoms with Gasteiger partial charge in [-0.25, -0.2) is 9.38 Å². The zero-order valence-corrected chi connectivity index (χ0v) is 20.3. The van der Waals surface area contributed by atoms with E-state index in [1.807, 2.05) is 55.5 Å². The zero-order valence-electron chi connectivity index (χ0n) is 19.5. The number of hydrogen-bond donors (Lipinski definition) is 1. The van der Waals surface area contributed by atoms with Crippen LogP contribution in [0.3, 0.4) is 0 Å². The molecule has 0 spiro atoms. The van der Waals surface area contributed by atoms with Crippen molar-refractivity contribution in [3.8, 4) is 5.75 Å². The van der Waals surface area contributed by atoms with Crippen molar-refractivity contribution in [2.75, 3.05) is 19.0 Å². The number of amides is 2. The number of benzene rings is 3. The van der Waals surface area contributed by atoms with Gasteiger partial charge in [0.05, 0.1) is 12.8 Å². The average molecular weight is 492 g/mol. The van der Waals surface area contributed by atoms with Gasteiger partial charge in [-0.05, 0) is 73.0 Å². The van der Waals surface area contributed by atoms with Crippen LogP contribution >= 0.6 is 11.8 Å². The van der Waals surface area contributed by atoms with E-state index in [-0.39, 0.29) is 24.1 Å². The summed E-state index contributed by atoms with van der Waals surface area (Å²) in [4.78, 5) is 32.4. The Kier molecular flexibility index (Phi) is 7.82. The molecular formula is C27H26FN3O3S. The number of methoxy groups -OCH3 is 1. The first kappa shape index (κ1) is 24.5. The monoisotopic (exact) mass is 491 g/mol. The van der Waals surface area contributed by atoms with Crippen LogP contribution in [0.25, 0.3) is 0 Å². The number of nitrogens with one attached hydrogen (secondary N) is 1. The molecule has 0 bridgehead atoms. The predicted molar refractivity (Wildman–Crippen MR) is 138 cm³/mol. The molecule has 3 aromatic carbocycles. The SMILES string of the molecule is COc1ccc(CCN2C(=O)C[C@H](C(=O)Nc3cccc(C)c3)SC2=Nc2ccc(F)cc2)cc1. The van der Waals surface area contributed by atoms with Gasteiger partial charge in [0.15, 0.2) is 5.17 Å². The highest BCUT2D eigenvalue weighted by molar-refractivity contribution is 8.15. The van der Waals surface area contributed by atoms with E-state index < -0.39 is 5.25 Å². The molecule has 0 radical (unpaired) electrons. The first-order valence-electron chi connectivity index (χ1n) is 11.2. The number of carbonyl (C=O) groups is 2. The molecule has 0 aliphatic carbocycles. The molecule has 1 aliphatic rings. The lowest BCUT2D eigenvalue weighted by Crippen LogP contribution is -2.46. The lowest BCUT2D eigenvalue weighted by molar-refractivity contribution is -0.129. The van der Waals surface area contributed by atoms with E-state index in [0.29, 0.717) is 29.5 Å². The molecule has 1 atom stereocenters. The Morgan fingerprint density at radius 1 is 1.14 bits per heavy atom. The van der Waals surface area contributed by atoms with Crippen LogP contribution < -0.4 is 10.1 Å². The van der Waals surface area contributed by atoms with Crippen LogP contribution in [0.5, 0.6) is 5.75 Å². The quantitative estimate of drug-likeness (QED) is 0.484. The van der Waals surface area contributed by atoms with Gasteiger partial charge >= 0.3 is 0 Å². The number of thioether (sulfide) groups is 1. The number of carbonyl (C=O) groups excluding carboxylic acids is 2. The fraction of sp³-hybridized carbons (Fsp3) is 0.222. The van der Waals surface area contributed by atoms with Crippen LogP contribution in [0, 0.1) is 12.7 Å². The van der Waals surface area contributed by atoms with Gasteiger partial charge in [-0.15, -0.1) is 0 Å². The third-order valence-electron chi connectivity index (χ3n) is 5.55. The first-order chi connectivity index (χ1) is 16.9. The summed E-state index contributed by atoms with van der Waals surface area (Å²) in [6.45, 7) is 2.35. The minimum Gasteiger partial charge on any atom is -0.497 e. The largest absolute Gasteiger partial charge is 0.497 e. The highest BCUT2D eigenvalue weighted by Crippen LogP contribution is 2.30. The van der Waals surface area contributed by atoms with E-state index in [1.54, 1.807) is 24.1 Å². The molecule has 1 heterocycles. The van der Waals surface area contributed by atoms with E-state index >= 15 is 0 Å². The summed E-state index contributed by atoms with van der Waals surface area (Å²) in [5, 5.41) is 2.70. The number of aliphatic imine (C=N–C) groups is 1. The first-order valence-corrected chi connectivity index (χ1v) is 12.1. The lowest BCUT2D eigenvalue weighted by Gasteiger charge is -2.32. The number of aryl methyl sites for hydroxylation is 1. The minimum atomic E-state index is -0.626. The Hall–Kier alpha value is -3.65. The third-order valence-corrected chi connectivity index (χ3v) is 6.74. The van der Waals surface area contributed by atoms with Crippen molar-refractivity contribution in [1.29, 1.82) is 0 Å². The Morgan fingerprint density at radius 2 is 1.89 bits per heavy atom. The molecule has 2 amide bonds. The molecule has 8 heteroatoms. The summed E-state index contributed by atoms with van der Waals surface area (Å²) < 4.78 is 18.6. The van der Waals surface area contributed by atoms with Crippen molar-refractivity contribution in [3.63, 3.8) is 0 Å². The molecule has 1 saturated heterocycles. The molecule has 0 saturated carbocycles. The van der Waals surface area contributed by atoms with E-state index in [0.717, 1.165) is 16.9 Å². The summed E-state index contributed by atoms with van der Waals surface area (Å²) in [6.07, 6.45) is 0.673. The van der Waals surface area contributed by atoms with Crippen molar-refractivity contribution in [3.05, 3.63) is 89.7 Å². The van der Waals surface area contributed by atoms with Gasteiger partial charge in [0, 0.05) is 18.7 Å². The second-order valence-electron chi connectivity index (χ2n) is 8.18. The van der Waals surface area contributed by atoms with E-state index in [4.69, 9.17) is 4.74 Å². The van der Waals surface area contributed by atoms with Crippen molar-refractivity contribution < 1.29 is 18.7 Å². The molecule has 0 aromatic heterocycles. The molecule has 1 N–H and O–H groups in total. The van der Waals surface area contributed by atoms with Gasteiger partial charge in [0.25, 0.3) is 0 Å². The second kappa shape index (κ2) is 11.2. The maximum Gasteiger partial charge on any atom is 0.238 e. The molecule has 1 fully saturated rings. The Balaban J connectivity index is 1.54. The number of anilines is 1. The van der Waals surface area contributed by atoms with Crippen LogP contribution in [0.4, 0.5) is 15.8 Å². The molecule has 6 nitrogen and oxygen atoms in total. The number of halogens is 1. The third kappa shape index (κ3) is 6.48. The van der Waals surface area contributed by atoms with Crippen molar-refractivity contribution in [1.82, 2.24) is 4.90 Å². The number of amidine groups is 1. The topological polar surface area (TPSA) is 71.0 Å². The highest BCUT2D eigenvalue weighted by Gasteiger charge is 2.35. The molecule has 180 valence electrons. The summed E-state index contributed by atoms with van der Waals surface area (Å²) >= 11 is 1.24. The lowest BCUT2D eigenvalue weighted by atomic mass is 10.1. The standard InChI is InChI=1S/C27H26FN3O3S/c1-18-4-3-5-22(16-18)29-26(33)24-17-25(32)31(15-14-19-6-12-23(34-2)13-7-19)27(35-24)30-21-10-8-20(28)9-11-21/h3-13,16,24H,14-15,17H2,1-2H3,(H,29,33)/t24-/m1/s1. The second-order valence-corrected chi connectivity index (χ2v) is 9.35. The predicted octanol–water partition coefficient (Wildman–Crippen LogP) is 5.35. The van der Waals surface area contributed by atoms with Gasteiger partial charge in [-0.3, -0.25) is 14.5 Å². The van der Waals surface area contributed by atoms with Gasteiger partial charge < -0.3 is 10.1 Å². The van der Waals surface area contributed by atoms with Crippen molar-refractivity contribution >= 4 is 40.1 Å². The Morgan fingerprint density at radius 3 is 2.57 bits per heavy atom. The van der Waals surface area contributed by atoms with Crippen LogP contribution in [0.15, 0.2) is 77.8 Å². The molecule has 3 aromatic rings. The van der Waals surface area contributed by atoms with Gasteiger partial charge in [0.2, 0.25) is 11.8 Å². The molecule has 1 aliphatic heterocycles. The molecular weight excluding hydrogens is 465 g/mol.